The molecule has 35 heavy (non-hydrogen) atoms. The van der Waals surface area contributed by atoms with Crippen LogP contribution in [0.2, 0.25) is 0 Å². The second-order valence-electron chi connectivity index (χ2n) is 9.32. The second-order valence-corrected chi connectivity index (χ2v) is 9.32. The molecule has 1 aliphatic heterocycles. The van der Waals surface area contributed by atoms with E-state index in [1.54, 1.807) is 33.8 Å². The summed E-state index contributed by atoms with van der Waals surface area (Å²) in [5, 5.41) is 15.6. The van der Waals surface area contributed by atoms with Gasteiger partial charge in [-0.1, -0.05) is 0 Å². The summed E-state index contributed by atoms with van der Waals surface area (Å²) >= 11 is 0. The van der Waals surface area contributed by atoms with E-state index >= 15 is 0 Å². The van der Waals surface area contributed by atoms with Gasteiger partial charge < -0.3 is 24.6 Å². The number of aryl methyl sites for hydroxylation is 1. The molecule has 3 aromatic rings. The molecule has 0 spiro atoms. The summed E-state index contributed by atoms with van der Waals surface area (Å²) in [6, 6.07) is 7.15. The molecule has 1 saturated heterocycles. The van der Waals surface area contributed by atoms with Crippen LogP contribution in [-0.2, 0) is 4.74 Å². The number of amides is 2. The van der Waals surface area contributed by atoms with Gasteiger partial charge in [-0.05, 0) is 58.9 Å². The predicted octanol–water partition coefficient (Wildman–Crippen LogP) is 3.14. The molecule has 2 amide bonds. The molecule has 0 radical (unpaired) electrons. The van der Waals surface area contributed by atoms with Crippen molar-refractivity contribution in [3.63, 3.8) is 0 Å². The molecule has 186 valence electrons. The third-order valence-corrected chi connectivity index (χ3v) is 5.38. The first kappa shape index (κ1) is 24.2. The molecule has 1 fully saturated rings. The van der Waals surface area contributed by atoms with Gasteiger partial charge in [0.05, 0.1) is 29.6 Å². The zero-order valence-electron chi connectivity index (χ0n) is 20.7. The Hall–Kier alpha value is -3.89. The van der Waals surface area contributed by atoms with Crippen LogP contribution in [0, 0.1) is 6.92 Å². The van der Waals surface area contributed by atoms with Gasteiger partial charge in [-0.25, -0.2) is 9.31 Å². The molecule has 1 aliphatic rings. The Labute approximate surface area is 204 Å². The summed E-state index contributed by atoms with van der Waals surface area (Å²) in [4.78, 5) is 29.0. The average molecular weight is 482 g/mol. The van der Waals surface area contributed by atoms with Gasteiger partial charge in [-0.15, -0.1) is 10.2 Å². The fourth-order valence-electron chi connectivity index (χ4n) is 3.78. The van der Waals surface area contributed by atoms with Crippen LogP contribution in [0.25, 0.3) is 5.52 Å². The van der Waals surface area contributed by atoms with E-state index in [4.69, 9.17) is 9.47 Å². The van der Waals surface area contributed by atoms with Crippen molar-refractivity contribution in [1.82, 2.24) is 24.7 Å². The number of nitrogens with zero attached hydrogens (tertiary/aromatic N) is 6. The zero-order valence-corrected chi connectivity index (χ0v) is 20.7. The molecule has 0 saturated carbocycles. The number of carbonyl (C=O) groups excluding carboxylic acids is 2. The van der Waals surface area contributed by atoms with Crippen LogP contribution in [0.15, 0.2) is 30.5 Å². The number of aromatic nitrogens is 4. The van der Waals surface area contributed by atoms with E-state index in [1.807, 2.05) is 45.6 Å². The Kier molecular flexibility index (Phi) is 6.77. The minimum absolute atomic E-state index is 0.308. The number of hydrogen-bond acceptors (Lipinski definition) is 8. The Morgan fingerprint density at radius 1 is 1.09 bits per heavy atom. The zero-order chi connectivity index (χ0) is 25.2. The van der Waals surface area contributed by atoms with Gasteiger partial charge in [-0.2, -0.15) is 5.10 Å². The monoisotopic (exact) mass is 481 g/mol. The molecule has 1 N–H and O–H groups in total. The summed E-state index contributed by atoms with van der Waals surface area (Å²) in [6.07, 6.45) is 1.39. The molecule has 11 nitrogen and oxygen atoms in total. The molecule has 0 atom stereocenters. The van der Waals surface area contributed by atoms with Crippen LogP contribution in [0.5, 0.6) is 5.75 Å². The first-order chi connectivity index (χ1) is 16.6. The fraction of sp³-hybridized carbons (Fsp3) is 0.458. The molecular weight excluding hydrogens is 450 g/mol. The lowest BCUT2D eigenvalue weighted by atomic mass is 10.2. The van der Waals surface area contributed by atoms with Gasteiger partial charge in [-0.3, -0.25) is 4.79 Å². The van der Waals surface area contributed by atoms with Crippen molar-refractivity contribution in [2.45, 2.75) is 40.2 Å². The Balaban J connectivity index is 1.40. The Morgan fingerprint density at radius 2 is 1.83 bits per heavy atom. The van der Waals surface area contributed by atoms with E-state index in [9.17, 15) is 9.59 Å². The van der Waals surface area contributed by atoms with Gasteiger partial charge in [0.2, 0.25) is 0 Å². The highest BCUT2D eigenvalue weighted by Crippen LogP contribution is 2.23. The maximum absolute atomic E-state index is 13.0. The predicted molar refractivity (Wildman–Crippen MR) is 131 cm³/mol. The molecule has 0 unspecified atom stereocenters. The third kappa shape index (κ3) is 5.79. The number of ether oxygens (including phenoxy) is 2. The van der Waals surface area contributed by atoms with Crippen LogP contribution >= 0.6 is 0 Å². The van der Waals surface area contributed by atoms with E-state index < -0.39 is 5.60 Å². The molecular formula is C24H31N7O4. The average Bonchev–Trinajstić information content (AvgIpc) is 3.17. The van der Waals surface area contributed by atoms with Crippen molar-refractivity contribution in [2.75, 3.05) is 43.0 Å². The lowest BCUT2D eigenvalue weighted by molar-refractivity contribution is 0.0240. The standard InChI is InChI=1S/C24H31N7O4/c1-6-34-19-15-31-17(13-16(2)28-31)14-18(19)22(32)25-20-7-8-21(27-26-20)29-9-11-30(12-10-29)23(33)35-24(3,4)5/h7-8,13-15H,6,9-12H2,1-5H3,(H,25,26,32). The summed E-state index contributed by atoms with van der Waals surface area (Å²) in [5.41, 5.74) is 1.51. The summed E-state index contributed by atoms with van der Waals surface area (Å²) < 4.78 is 12.8. The minimum Gasteiger partial charge on any atom is -0.491 e. The lowest BCUT2D eigenvalue weighted by Crippen LogP contribution is -2.50. The molecule has 4 rings (SSSR count). The SMILES string of the molecule is CCOc1cn2nc(C)cc2cc1C(=O)Nc1ccc(N2CCN(C(=O)OC(C)(C)C)CC2)nn1. The number of carbonyl (C=O) groups is 2. The molecule has 0 aliphatic carbocycles. The largest absolute Gasteiger partial charge is 0.491 e. The van der Waals surface area contributed by atoms with E-state index in [0.717, 1.165) is 11.2 Å². The second kappa shape index (κ2) is 9.77. The van der Waals surface area contributed by atoms with Crippen molar-refractivity contribution in [3.05, 3.63) is 41.7 Å². The number of anilines is 2. The number of pyridine rings is 1. The van der Waals surface area contributed by atoms with Crippen LogP contribution in [0.1, 0.15) is 43.7 Å². The van der Waals surface area contributed by atoms with Gasteiger partial charge >= 0.3 is 6.09 Å². The highest BCUT2D eigenvalue weighted by Gasteiger charge is 2.26. The van der Waals surface area contributed by atoms with Crippen LogP contribution < -0.4 is 15.0 Å². The fourth-order valence-corrected chi connectivity index (χ4v) is 3.78. The van der Waals surface area contributed by atoms with Gasteiger partial charge in [0, 0.05) is 26.2 Å². The van der Waals surface area contributed by atoms with E-state index in [0.29, 0.717) is 55.7 Å². The normalized spacial score (nSPS) is 14.2. The van der Waals surface area contributed by atoms with Crippen LogP contribution in [0.3, 0.4) is 0 Å². The van der Waals surface area contributed by atoms with Gasteiger partial charge in [0.25, 0.3) is 5.91 Å². The summed E-state index contributed by atoms with van der Waals surface area (Å²) in [6.45, 7) is 12.0. The lowest BCUT2D eigenvalue weighted by Gasteiger charge is -2.35. The number of hydrogen-bond donors (Lipinski definition) is 1. The summed E-state index contributed by atoms with van der Waals surface area (Å²) in [5.74, 6) is 1.10. The molecule has 0 aromatic carbocycles. The third-order valence-electron chi connectivity index (χ3n) is 5.38. The van der Waals surface area contributed by atoms with Crippen LogP contribution in [-0.4, -0.2) is 75.1 Å². The smallest absolute Gasteiger partial charge is 0.410 e. The van der Waals surface area contributed by atoms with Gasteiger partial charge in [0.1, 0.15) is 11.4 Å². The Morgan fingerprint density at radius 3 is 2.46 bits per heavy atom. The van der Waals surface area contributed by atoms with E-state index in [1.165, 1.54) is 0 Å². The first-order valence-corrected chi connectivity index (χ1v) is 11.6. The molecule has 4 heterocycles. The summed E-state index contributed by atoms with van der Waals surface area (Å²) in [7, 11) is 0. The van der Waals surface area contributed by atoms with Gasteiger partial charge in [0.15, 0.2) is 11.6 Å². The van der Waals surface area contributed by atoms with Crippen molar-refractivity contribution >= 4 is 29.2 Å². The minimum atomic E-state index is -0.521. The quantitative estimate of drug-likeness (QED) is 0.591. The highest BCUT2D eigenvalue weighted by atomic mass is 16.6. The number of nitrogens with one attached hydrogen (secondary N) is 1. The number of fused-ring (bicyclic) bond motifs is 1. The molecule has 11 heteroatoms. The molecule has 3 aromatic heterocycles. The maximum Gasteiger partial charge on any atom is 0.410 e. The topological polar surface area (TPSA) is 114 Å². The van der Waals surface area contributed by atoms with Crippen molar-refractivity contribution in [1.29, 1.82) is 0 Å². The first-order valence-electron chi connectivity index (χ1n) is 11.6. The Bertz CT molecular complexity index is 1210. The molecule has 0 bridgehead atoms. The van der Waals surface area contributed by atoms with E-state index in [2.05, 4.69) is 20.6 Å². The number of rotatable bonds is 5. The van der Waals surface area contributed by atoms with Crippen molar-refractivity contribution < 1.29 is 19.1 Å². The van der Waals surface area contributed by atoms with E-state index in [-0.39, 0.29) is 12.0 Å². The van der Waals surface area contributed by atoms with Crippen LogP contribution in [0.4, 0.5) is 16.4 Å². The van der Waals surface area contributed by atoms with Crippen molar-refractivity contribution in [3.8, 4) is 5.75 Å². The van der Waals surface area contributed by atoms with Crippen molar-refractivity contribution in [2.24, 2.45) is 0 Å². The maximum atomic E-state index is 13.0. The number of piperazine rings is 1. The highest BCUT2D eigenvalue weighted by molar-refractivity contribution is 6.06.